The monoisotopic (exact) mass is 325 g/mol. The van der Waals surface area contributed by atoms with Crippen molar-refractivity contribution in [1.82, 2.24) is 15.0 Å². The number of rotatable bonds is 7. The number of aromatic nitrogens is 1. The van der Waals surface area contributed by atoms with Gasteiger partial charge in [-0.05, 0) is 31.2 Å². The fourth-order valence-corrected chi connectivity index (χ4v) is 3.41. The third-order valence-electron chi connectivity index (χ3n) is 2.92. The molecule has 7 heteroatoms. The highest BCUT2D eigenvalue weighted by Gasteiger charge is 2.14. The lowest BCUT2D eigenvalue weighted by molar-refractivity contribution is 0.580. The van der Waals surface area contributed by atoms with E-state index in [1.54, 1.807) is 12.1 Å². The highest BCUT2D eigenvalue weighted by Crippen LogP contribution is 2.12. The summed E-state index contributed by atoms with van der Waals surface area (Å²) < 4.78 is 26.9. The molecule has 21 heavy (non-hydrogen) atoms. The summed E-state index contributed by atoms with van der Waals surface area (Å²) in [5.74, 6) is 0. The van der Waals surface area contributed by atoms with Gasteiger partial charge in [0.2, 0.25) is 10.0 Å². The molecule has 0 aliphatic rings. The molecule has 0 amide bonds. The van der Waals surface area contributed by atoms with Crippen LogP contribution in [0.1, 0.15) is 23.2 Å². The Kier molecular flexibility index (Phi) is 5.46. The van der Waals surface area contributed by atoms with E-state index in [9.17, 15) is 8.42 Å². The number of hydrogen-bond acceptors (Lipinski definition) is 5. The van der Waals surface area contributed by atoms with E-state index in [4.69, 9.17) is 0 Å². The van der Waals surface area contributed by atoms with Crippen molar-refractivity contribution >= 4 is 21.4 Å². The number of benzene rings is 1. The minimum absolute atomic E-state index is 0.214. The highest BCUT2D eigenvalue weighted by atomic mass is 32.2. The zero-order valence-electron chi connectivity index (χ0n) is 12.1. The molecule has 0 bridgehead atoms. The number of hydrogen-bond donors (Lipinski definition) is 2. The Labute approximate surface area is 129 Å². The van der Waals surface area contributed by atoms with Crippen LogP contribution in [0.5, 0.6) is 0 Å². The third kappa shape index (κ3) is 4.60. The maximum atomic E-state index is 12.2. The molecule has 0 atom stereocenters. The van der Waals surface area contributed by atoms with Crippen LogP contribution in [0.2, 0.25) is 0 Å². The van der Waals surface area contributed by atoms with Crippen molar-refractivity contribution in [3.63, 3.8) is 0 Å². The van der Waals surface area contributed by atoms with Crippen molar-refractivity contribution in [1.29, 1.82) is 0 Å². The second-order valence-electron chi connectivity index (χ2n) is 4.61. The molecule has 5 nitrogen and oxygen atoms in total. The molecule has 1 aromatic heterocycles. The Hall–Kier alpha value is -1.28. The van der Waals surface area contributed by atoms with Crippen LogP contribution in [-0.4, -0.2) is 19.9 Å². The Bertz CT molecular complexity index is 678. The fraction of sp³-hybridized carbons (Fsp3) is 0.357. The average molecular weight is 325 g/mol. The van der Waals surface area contributed by atoms with Gasteiger partial charge in [-0.2, -0.15) is 0 Å². The lowest BCUT2D eigenvalue weighted by Crippen LogP contribution is -2.23. The highest BCUT2D eigenvalue weighted by molar-refractivity contribution is 7.89. The van der Waals surface area contributed by atoms with Gasteiger partial charge in [-0.1, -0.05) is 19.1 Å². The molecule has 0 saturated carbocycles. The van der Waals surface area contributed by atoms with Crippen molar-refractivity contribution in [3.8, 4) is 0 Å². The summed E-state index contributed by atoms with van der Waals surface area (Å²) in [6, 6.07) is 6.90. The van der Waals surface area contributed by atoms with E-state index in [2.05, 4.69) is 15.0 Å². The largest absolute Gasteiger partial charge is 0.313 e. The molecular formula is C14H19N3O2S2. The molecule has 0 radical (unpaired) electrons. The van der Waals surface area contributed by atoms with Gasteiger partial charge in [-0.25, -0.2) is 18.1 Å². The van der Waals surface area contributed by atoms with Gasteiger partial charge in [-0.3, -0.25) is 0 Å². The van der Waals surface area contributed by atoms with E-state index in [0.717, 1.165) is 29.4 Å². The lowest BCUT2D eigenvalue weighted by Gasteiger charge is -2.07. The first kappa shape index (κ1) is 16.1. The summed E-state index contributed by atoms with van der Waals surface area (Å²) in [5.41, 5.74) is 1.80. The summed E-state index contributed by atoms with van der Waals surface area (Å²) in [5, 5.41) is 5.99. The second kappa shape index (κ2) is 7.13. The number of sulfonamides is 1. The van der Waals surface area contributed by atoms with Gasteiger partial charge in [0.1, 0.15) is 0 Å². The molecule has 0 unspecified atom stereocenters. The van der Waals surface area contributed by atoms with Gasteiger partial charge in [-0.15, -0.1) is 11.3 Å². The van der Waals surface area contributed by atoms with E-state index in [0.29, 0.717) is 0 Å². The predicted molar refractivity (Wildman–Crippen MR) is 84.7 cm³/mol. The molecule has 114 valence electrons. The van der Waals surface area contributed by atoms with Crippen molar-refractivity contribution < 1.29 is 8.42 Å². The Morgan fingerprint density at radius 2 is 1.90 bits per heavy atom. The Morgan fingerprint density at radius 3 is 2.48 bits per heavy atom. The summed E-state index contributed by atoms with van der Waals surface area (Å²) in [6.07, 6.45) is 0. The summed E-state index contributed by atoms with van der Waals surface area (Å²) in [6.45, 7) is 5.76. The van der Waals surface area contributed by atoms with Gasteiger partial charge in [0, 0.05) is 11.9 Å². The predicted octanol–water partition coefficient (Wildman–Crippen LogP) is 2.04. The Morgan fingerprint density at radius 1 is 1.19 bits per heavy atom. The van der Waals surface area contributed by atoms with Gasteiger partial charge in [0.25, 0.3) is 0 Å². The first-order chi connectivity index (χ1) is 10.0. The molecule has 0 spiro atoms. The summed E-state index contributed by atoms with van der Waals surface area (Å²) in [4.78, 5) is 4.51. The maximum Gasteiger partial charge on any atom is 0.240 e. The molecule has 2 N–H and O–H groups in total. The van der Waals surface area contributed by atoms with E-state index < -0.39 is 10.0 Å². The molecule has 1 heterocycles. The maximum absolute atomic E-state index is 12.2. The van der Waals surface area contributed by atoms with Crippen LogP contribution in [-0.2, 0) is 23.1 Å². The number of nitrogens with zero attached hydrogens (tertiary/aromatic N) is 1. The number of aryl methyl sites for hydroxylation is 1. The summed E-state index contributed by atoms with van der Waals surface area (Å²) >= 11 is 1.51. The van der Waals surface area contributed by atoms with E-state index in [-0.39, 0.29) is 11.4 Å². The average Bonchev–Trinajstić information content (AvgIpc) is 2.89. The normalized spacial score (nSPS) is 11.7. The first-order valence-electron chi connectivity index (χ1n) is 6.71. The van der Waals surface area contributed by atoms with Gasteiger partial charge < -0.3 is 5.32 Å². The lowest BCUT2D eigenvalue weighted by atomic mass is 10.2. The van der Waals surface area contributed by atoms with E-state index in [1.165, 1.54) is 11.3 Å². The Balaban J connectivity index is 2.01. The van der Waals surface area contributed by atoms with E-state index in [1.807, 2.05) is 31.4 Å². The van der Waals surface area contributed by atoms with Crippen LogP contribution >= 0.6 is 11.3 Å². The van der Waals surface area contributed by atoms with Crippen molar-refractivity contribution in [2.45, 2.75) is 31.8 Å². The molecular weight excluding hydrogens is 306 g/mol. The van der Waals surface area contributed by atoms with Crippen LogP contribution in [0.15, 0.2) is 34.5 Å². The van der Waals surface area contributed by atoms with Crippen LogP contribution in [0.25, 0.3) is 0 Å². The minimum atomic E-state index is -3.49. The van der Waals surface area contributed by atoms with Crippen molar-refractivity contribution in [2.75, 3.05) is 6.54 Å². The van der Waals surface area contributed by atoms with Gasteiger partial charge >= 0.3 is 0 Å². The molecule has 0 aliphatic heterocycles. The zero-order valence-corrected chi connectivity index (χ0v) is 13.7. The van der Waals surface area contributed by atoms with Crippen LogP contribution < -0.4 is 10.0 Å². The standard InChI is InChI=1S/C14H19N3O2S2/c1-3-15-8-12-4-6-14(7-5-12)21(18,19)16-9-13-10-20-11(2)17-13/h4-7,10,15-16H,3,8-9H2,1-2H3. The molecule has 1 aromatic carbocycles. The topological polar surface area (TPSA) is 71.1 Å². The minimum Gasteiger partial charge on any atom is -0.313 e. The molecule has 2 aromatic rings. The van der Waals surface area contributed by atoms with Crippen LogP contribution in [0.4, 0.5) is 0 Å². The smallest absolute Gasteiger partial charge is 0.240 e. The molecule has 2 rings (SSSR count). The van der Waals surface area contributed by atoms with Crippen LogP contribution in [0, 0.1) is 6.92 Å². The molecule has 0 saturated heterocycles. The second-order valence-corrected chi connectivity index (χ2v) is 7.44. The van der Waals surface area contributed by atoms with Gasteiger partial charge in [0.05, 0.1) is 22.1 Å². The molecule has 0 aliphatic carbocycles. The number of thiazole rings is 1. The van der Waals surface area contributed by atoms with Gasteiger partial charge in [0.15, 0.2) is 0 Å². The first-order valence-corrected chi connectivity index (χ1v) is 9.08. The SMILES string of the molecule is CCNCc1ccc(S(=O)(=O)NCc2csc(C)n2)cc1. The molecule has 0 fully saturated rings. The number of nitrogens with one attached hydrogen (secondary N) is 2. The van der Waals surface area contributed by atoms with Crippen molar-refractivity contribution in [3.05, 3.63) is 45.9 Å². The quantitative estimate of drug-likeness (QED) is 0.817. The fourth-order valence-electron chi connectivity index (χ4n) is 1.80. The summed E-state index contributed by atoms with van der Waals surface area (Å²) in [7, 11) is -3.49. The zero-order chi connectivity index (χ0) is 15.3. The van der Waals surface area contributed by atoms with Crippen LogP contribution in [0.3, 0.4) is 0 Å². The third-order valence-corrected chi connectivity index (χ3v) is 5.16. The van der Waals surface area contributed by atoms with Crippen molar-refractivity contribution in [2.24, 2.45) is 0 Å². The van der Waals surface area contributed by atoms with E-state index >= 15 is 0 Å².